The van der Waals surface area contributed by atoms with Crippen molar-refractivity contribution >= 4 is 34.7 Å². The van der Waals surface area contributed by atoms with E-state index in [2.05, 4.69) is 4.90 Å². The summed E-state index contributed by atoms with van der Waals surface area (Å²) in [6.07, 6.45) is 1.73. The normalized spacial score (nSPS) is 19.0. The second-order valence-electron chi connectivity index (χ2n) is 6.59. The van der Waals surface area contributed by atoms with E-state index in [0.29, 0.717) is 10.5 Å². The molecule has 0 saturated carbocycles. The van der Waals surface area contributed by atoms with Gasteiger partial charge in [0.2, 0.25) is 0 Å². The van der Waals surface area contributed by atoms with Gasteiger partial charge >= 0.3 is 0 Å². The van der Waals surface area contributed by atoms with Gasteiger partial charge in [-0.25, -0.2) is 4.39 Å². The Balaban J connectivity index is 1.46. The summed E-state index contributed by atoms with van der Waals surface area (Å²) in [5.74, 6) is -0.671. The number of halogens is 1. The quantitative estimate of drug-likeness (QED) is 0.731. The first kappa shape index (κ1) is 18.7. The van der Waals surface area contributed by atoms with Crippen LogP contribution in [0.2, 0.25) is 0 Å². The standard InChI is InChI=1S/C21H19FN2O3S/c22-17-5-1-16(2-6-17)14-24-20(25)19(28-21(24)26)13-15-3-7-18(8-4-15)23-9-11-27-12-10-23/h1-8,13H,9-12,14H2/b19-13-. The third-order valence-corrected chi connectivity index (χ3v) is 5.60. The average molecular weight is 398 g/mol. The summed E-state index contributed by atoms with van der Waals surface area (Å²) in [4.78, 5) is 28.7. The third-order valence-electron chi connectivity index (χ3n) is 4.69. The van der Waals surface area contributed by atoms with Crippen molar-refractivity contribution in [2.45, 2.75) is 6.54 Å². The lowest BCUT2D eigenvalue weighted by atomic mass is 10.1. The Hall–Kier alpha value is -2.64. The van der Waals surface area contributed by atoms with Crippen LogP contribution in [-0.4, -0.2) is 42.3 Å². The number of hydrogen-bond acceptors (Lipinski definition) is 5. The molecule has 5 nitrogen and oxygen atoms in total. The van der Waals surface area contributed by atoms with Gasteiger partial charge in [-0.3, -0.25) is 14.5 Å². The molecule has 0 spiro atoms. The molecule has 2 aliphatic rings. The van der Waals surface area contributed by atoms with E-state index in [-0.39, 0.29) is 23.5 Å². The van der Waals surface area contributed by atoms with Crippen LogP contribution in [0.3, 0.4) is 0 Å². The first-order chi connectivity index (χ1) is 13.6. The molecule has 0 aromatic heterocycles. The van der Waals surface area contributed by atoms with E-state index in [1.54, 1.807) is 18.2 Å². The molecule has 0 atom stereocenters. The molecular formula is C21H19FN2O3S. The van der Waals surface area contributed by atoms with Crippen LogP contribution in [0.4, 0.5) is 14.9 Å². The molecule has 2 aromatic rings. The highest BCUT2D eigenvalue weighted by Crippen LogP contribution is 2.33. The van der Waals surface area contributed by atoms with Crippen molar-refractivity contribution in [3.05, 3.63) is 70.4 Å². The smallest absolute Gasteiger partial charge is 0.293 e. The monoisotopic (exact) mass is 398 g/mol. The fraction of sp³-hybridized carbons (Fsp3) is 0.238. The number of morpholine rings is 1. The fourth-order valence-electron chi connectivity index (χ4n) is 3.16. The van der Waals surface area contributed by atoms with E-state index in [9.17, 15) is 14.0 Å². The maximum absolute atomic E-state index is 13.0. The van der Waals surface area contributed by atoms with E-state index < -0.39 is 0 Å². The van der Waals surface area contributed by atoms with E-state index in [1.807, 2.05) is 24.3 Å². The second-order valence-corrected chi connectivity index (χ2v) is 7.58. The van der Waals surface area contributed by atoms with Gasteiger partial charge in [-0.15, -0.1) is 0 Å². The molecule has 2 saturated heterocycles. The zero-order valence-corrected chi connectivity index (χ0v) is 16.0. The number of amides is 2. The van der Waals surface area contributed by atoms with Gasteiger partial charge in [0.25, 0.3) is 11.1 Å². The van der Waals surface area contributed by atoms with Crippen molar-refractivity contribution in [2.24, 2.45) is 0 Å². The predicted molar refractivity (Wildman–Crippen MR) is 107 cm³/mol. The third kappa shape index (κ3) is 4.10. The minimum Gasteiger partial charge on any atom is -0.378 e. The van der Waals surface area contributed by atoms with Crippen molar-refractivity contribution in [3.63, 3.8) is 0 Å². The summed E-state index contributed by atoms with van der Waals surface area (Å²) >= 11 is 0.929. The first-order valence-corrected chi connectivity index (χ1v) is 9.84. The van der Waals surface area contributed by atoms with E-state index in [1.165, 1.54) is 17.0 Å². The molecule has 0 unspecified atom stereocenters. The molecule has 0 aliphatic carbocycles. The molecule has 4 rings (SSSR count). The Labute approximate surface area is 166 Å². The van der Waals surface area contributed by atoms with Gasteiger partial charge in [-0.1, -0.05) is 24.3 Å². The van der Waals surface area contributed by atoms with Crippen LogP contribution >= 0.6 is 11.8 Å². The number of carbonyl (C=O) groups excluding carboxylic acids is 2. The molecule has 28 heavy (non-hydrogen) atoms. The molecule has 2 heterocycles. The first-order valence-electron chi connectivity index (χ1n) is 9.03. The summed E-state index contributed by atoms with van der Waals surface area (Å²) in [7, 11) is 0. The molecule has 0 N–H and O–H groups in total. The Kier molecular flexibility index (Phi) is 5.45. The van der Waals surface area contributed by atoms with Gasteiger partial charge < -0.3 is 9.64 Å². The minimum absolute atomic E-state index is 0.137. The number of ether oxygens (including phenoxy) is 1. The van der Waals surface area contributed by atoms with Gasteiger partial charge in [0.15, 0.2) is 0 Å². The molecular weight excluding hydrogens is 379 g/mol. The van der Waals surface area contributed by atoms with E-state index in [4.69, 9.17) is 4.74 Å². The van der Waals surface area contributed by atoms with Crippen LogP contribution in [0, 0.1) is 5.82 Å². The van der Waals surface area contributed by atoms with Crippen LogP contribution in [0.25, 0.3) is 6.08 Å². The van der Waals surface area contributed by atoms with Crippen molar-refractivity contribution in [1.82, 2.24) is 4.90 Å². The maximum atomic E-state index is 13.0. The zero-order valence-electron chi connectivity index (χ0n) is 15.1. The van der Waals surface area contributed by atoms with Crippen molar-refractivity contribution in [3.8, 4) is 0 Å². The van der Waals surface area contributed by atoms with Crippen LogP contribution < -0.4 is 4.90 Å². The highest BCUT2D eigenvalue weighted by molar-refractivity contribution is 8.18. The Morgan fingerprint density at radius 2 is 1.68 bits per heavy atom. The van der Waals surface area contributed by atoms with Crippen molar-refractivity contribution in [2.75, 3.05) is 31.2 Å². The van der Waals surface area contributed by atoms with Crippen LogP contribution in [0.5, 0.6) is 0 Å². The molecule has 0 radical (unpaired) electrons. The number of imide groups is 1. The highest BCUT2D eigenvalue weighted by Gasteiger charge is 2.34. The lowest BCUT2D eigenvalue weighted by molar-refractivity contribution is -0.123. The molecule has 7 heteroatoms. The molecule has 144 valence electrons. The number of nitrogens with zero attached hydrogens (tertiary/aromatic N) is 2. The van der Waals surface area contributed by atoms with E-state index >= 15 is 0 Å². The average Bonchev–Trinajstić information content (AvgIpc) is 2.98. The number of thioether (sulfide) groups is 1. The number of rotatable bonds is 4. The predicted octanol–water partition coefficient (Wildman–Crippen LogP) is 3.90. The zero-order chi connectivity index (χ0) is 19.5. The minimum atomic E-state index is -0.349. The molecule has 2 aliphatic heterocycles. The van der Waals surface area contributed by atoms with Crippen molar-refractivity contribution < 1.29 is 18.7 Å². The maximum Gasteiger partial charge on any atom is 0.293 e. The van der Waals surface area contributed by atoms with Crippen molar-refractivity contribution in [1.29, 1.82) is 0 Å². The number of carbonyl (C=O) groups is 2. The summed E-state index contributed by atoms with van der Waals surface area (Å²) in [5.41, 5.74) is 2.69. The summed E-state index contributed by atoms with van der Waals surface area (Å²) in [6, 6.07) is 13.7. The topological polar surface area (TPSA) is 49.9 Å². The van der Waals surface area contributed by atoms with Crippen LogP contribution in [0.1, 0.15) is 11.1 Å². The number of benzene rings is 2. The van der Waals surface area contributed by atoms with Crippen LogP contribution in [0.15, 0.2) is 53.4 Å². The van der Waals surface area contributed by atoms with Gasteiger partial charge in [-0.05, 0) is 53.2 Å². The Bertz CT molecular complexity index is 906. The molecule has 2 fully saturated rings. The second kappa shape index (κ2) is 8.16. The van der Waals surface area contributed by atoms with Gasteiger partial charge in [0.05, 0.1) is 24.7 Å². The van der Waals surface area contributed by atoms with Crippen LogP contribution in [-0.2, 0) is 16.1 Å². The summed E-state index contributed by atoms with van der Waals surface area (Å²) in [5, 5.41) is -0.314. The summed E-state index contributed by atoms with van der Waals surface area (Å²) < 4.78 is 18.4. The number of hydrogen-bond donors (Lipinski definition) is 0. The van der Waals surface area contributed by atoms with Gasteiger partial charge in [-0.2, -0.15) is 0 Å². The fourth-order valence-corrected chi connectivity index (χ4v) is 4.00. The lowest BCUT2D eigenvalue weighted by Crippen LogP contribution is -2.36. The Morgan fingerprint density at radius 3 is 2.36 bits per heavy atom. The van der Waals surface area contributed by atoms with Gasteiger partial charge in [0, 0.05) is 18.8 Å². The summed E-state index contributed by atoms with van der Waals surface area (Å²) in [6.45, 7) is 3.31. The number of anilines is 1. The Morgan fingerprint density at radius 1 is 1.00 bits per heavy atom. The lowest BCUT2D eigenvalue weighted by Gasteiger charge is -2.28. The van der Waals surface area contributed by atoms with Gasteiger partial charge in [0.1, 0.15) is 5.82 Å². The molecule has 2 aromatic carbocycles. The largest absolute Gasteiger partial charge is 0.378 e. The highest BCUT2D eigenvalue weighted by atomic mass is 32.2. The molecule has 0 bridgehead atoms. The van der Waals surface area contributed by atoms with E-state index in [0.717, 1.165) is 49.3 Å². The molecule has 2 amide bonds. The SMILES string of the molecule is O=C1S/C(=C\c2ccc(N3CCOCC3)cc2)C(=O)N1Cc1ccc(F)cc1.